The van der Waals surface area contributed by atoms with Crippen molar-refractivity contribution < 1.29 is 14.3 Å². The quantitative estimate of drug-likeness (QED) is 0.581. The standard InChI is InChI=1S/C20H25N5O3/c1-14-8-7-9-15(2)24(14)19(26)13-28-20(27)18(25-16(3)21-22-23-25)12-17-10-5-4-6-11-17/h4-6,10-12,14-15H,7-9,13H2,1-3H3/b18-12-/t14-,15+. The van der Waals surface area contributed by atoms with Crippen LogP contribution in [0.25, 0.3) is 11.8 Å². The van der Waals surface area contributed by atoms with Gasteiger partial charge in [0.15, 0.2) is 18.1 Å². The zero-order chi connectivity index (χ0) is 20.1. The van der Waals surface area contributed by atoms with E-state index >= 15 is 0 Å². The van der Waals surface area contributed by atoms with Crippen LogP contribution in [0.2, 0.25) is 0 Å². The van der Waals surface area contributed by atoms with Gasteiger partial charge in [-0.15, -0.1) is 5.10 Å². The minimum absolute atomic E-state index is 0.149. The van der Waals surface area contributed by atoms with E-state index < -0.39 is 5.97 Å². The van der Waals surface area contributed by atoms with Crippen molar-refractivity contribution >= 4 is 23.6 Å². The molecule has 1 fully saturated rings. The van der Waals surface area contributed by atoms with Crippen LogP contribution in [0.15, 0.2) is 30.3 Å². The number of amides is 1. The topological polar surface area (TPSA) is 90.2 Å². The summed E-state index contributed by atoms with van der Waals surface area (Å²) >= 11 is 0. The summed E-state index contributed by atoms with van der Waals surface area (Å²) in [4.78, 5) is 27.2. The maximum atomic E-state index is 12.8. The SMILES string of the molecule is Cc1nnnn1/C(=C\c1ccccc1)C(=O)OCC(=O)N1[C@H](C)CCC[C@@H]1C. The molecule has 1 aromatic heterocycles. The number of aryl methyl sites for hydroxylation is 1. The van der Waals surface area contributed by atoms with Crippen LogP contribution < -0.4 is 0 Å². The molecule has 1 aromatic carbocycles. The van der Waals surface area contributed by atoms with Crippen molar-refractivity contribution in [1.82, 2.24) is 25.1 Å². The van der Waals surface area contributed by atoms with Gasteiger partial charge in [-0.3, -0.25) is 4.79 Å². The predicted octanol–water partition coefficient (Wildman–Crippen LogP) is 2.31. The van der Waals surface area contributed by atoms with Crippen LogP contribution in [0.1, 0.15) is 44.5 Å². The lowest BCUT2D eigenvalue weighted by Crippen LogP contribution is -2.49. The van der Waals surface area contributed by atoms with Crippen LogP contribution in [0.3, 0.4) is 0 Å². The Morgan fingerprint density at radius 2 is 1.86 bits per heavy atom. The number of benzene rings is 1. The Morgan fingerprint density at radius 3 is 2.46 bits per heavy atom. The van der Waals surface area contributed by atoms with Crippen molar-refractivity contribution in [3.05, 3.63) is 41.7 Å². The van der Waals surface area contributed by atoms with E-state index in [0.717, 1.165) is 24.8 Å². The van der Waals surface area contributed by atoms with Crippen molar-refractivity contribution in [2.24, 2.45) is 0 Å². The number of piperidine rings is 1. The van der Waals surface area contributed by atoms with E-state index in [1.165, 1.54) is 4.68 Å². The van der Waals surface area contributed by atoms with E-state index in [-0.39, 0.29) is 30.3 Å². The highest BCUT2D eigenvalue weighted by Crippen LogP contribution is 2.22. The molecule has 0 bridgehead atoms. The number of ether oxygens (including phenoxy) is 1. The number of aromatic nitrogens is 4. The summed E-state index contributed by atoms with van der Waals surface area (Å²) in [7, 11) is 0. The van der Waals surface area contributed by atoms with Gasteiger partial charge in [-0.25, -0.2) is 4.79 Å². The molecule has 1 aliphatic heterocycles. The van der Waals surface area contributed by atoms with Crippen LogP contribution in [-0.2, 0) is 14.3 Å². The van der Waals surface area contributed by atoms with Gasteiger partial charge in [0.05, 0.1) is 0 Å². The Morgan fingerprint density at radius 1 is 1.18 bits per heavy atom. The van der Waals surface area contributed by atoms with Crippen molar-refractivity contribution in [2.75, 3.05) is 6.61 Å². The molecule has 2 aromatic rings. The summed E-state index contributed by atoms with van der Waals surface area (Å²) in [5.74, 6) is -0.380. The van der Waals surface area contributed by atoms with Gasteiger partial charge in [0.25, 0.3) is 5.91 Å². The number of rotatable bonds is 5. The molecule has 0 spiro atoms. The number of likely N-dealkylation sites (tertiary alicyclic amines) is 1. The maximum absolute atomic E-state index is 12.8. The van der Waals surface area contributed by atoms with Crippen LogP contribution in [0.4, 0.5) is 0 Å². The largest absolute Gasteiger partial charge is 0.451 e. The van der Waals surface area contributed by atoms with Crippen LogP contribution >= 0.6 is 0 Å². The molecular weight excluding hydrogens is 358 g/mol. The van der Waals surface area contributed by atoms with E-state index in [1.807, 2.05) is 49.1 Å². The lowest BCUT2D eigenvalue weighted by molar-refractivity contribution is -0.151. The summed E-state index contributed by atoms with van der Waals surface area (Å²) in [6, 6.07) is 9.63. The summed E-state index contributed by atoms with van der Waals surface area (Å²) in [6.45, 7) is 5.44. The van der Waals surface area contributed by atoms with Crippen molar-refractivity contribution in [3.63, 3.8) is 0 Å². The molecule has 1 amide bonds. The van der Waals surface area contributed by atoms with E-state index in [1.54, 1.807) is 13.0 Å². The van der Waals surface area contributed by atoms with E-state index in [2.05, 4.69) is 15.5 Å². The number of carbonyl (C=O) groups is 2. The third-order valence-electron chi connectivity index (χ3n) is 4.97. The Hall–Kier alpha value is -3.03. The zero-order valence-corrected chi connectivity index (χ0v) is 16.4. The highest BCUT2D eigenvalue weighted by atomic mass is 16.5. The zero-order valence-electron chi connectivity index (χ0n) is 16.4. The van der Waals surface area contributed by atoms with Crippen LogP contribution in [0.5, 0.6) is 0 Å². The smallest absolute Gasteiger partial charge is 0.357 e. The summed E-state index contributed by atoms with van der Waals surface area (Å²) in [5.41, 5.74) is 0.954. The fourth-order valence-electron chi connectivity index (χ4n) is 3.56. The molecule has 8 nitrogen and oxygen atoms in total. The predicted molar refractivity (Wildman–Crippen MR) is 104 cm³/mol. The van der Waals surface area contributed by atoms with Gasteiger partial charge in [0.1, 0.15) is 0 Å². The lowest BCUT2D eigenvalue weighted by atomic mass is 9.97. The first-order valence-corrected chi connectivity index (χ1v) is 9.47. The minimum atomic E-state index is -0.648. The number of esters is 1. The van der Waals surface area contributed by atoms with Gasteiger partial charge in [0.2, 0.25) is 0 Å². The summed E-state index contributed by atoms with van der Waals surface area (Å²) < 4.78 is 6.66. The normalized spacial score (nSPS) is 20.1. The highest BCUT2D eigenvalue weighted by molar-refractivity contribution is 6.15. The molecule has 1 aliphatic rings. The maximum Gasteiger partial charge on any atom is 0.357 e. The number of nitrogens with zero attached hydrogens (tertiary/aromatic N) is 5. The molecule has 0 radical (unpaired) electrons. The summed E-state index contributed by atoms with van der Waals surface area (Å²) in [5, 5.41) is 11.3. The molecule has 0 aliphatic carbocycles. The lowest BCUT2D eigenvalue weighted by Gasteiger charge is -2.38. The van der Waals surface area contributed by atoms with Gasteiger partial charge in [-0.05, 0) is 62.1 Å². The molecule has 28 heavy (non-hydrogen) atoms. The molecule has 0 unspecified atom stereocenters. The van der Waals surface area contributed by atoms with Crippen molar-refractivity contribution in [3.8, 4) is 0 Å². The number of hydrogen-bond donors (Lipinski definition) is 0. The molecule has 8 heteroatoms. The average molecular weight is 383 g/mol. The third-order valence-corrected chi connectivity index (χ3v) is 4.97. The second kappa shape index (κ2) is 8.77. The first-order chi connectivity index (χ1) is 13.5. The highest BCUT2D eigenvalue weighted by Gasteiger charge is 2.30. The summed E-state index contributed by atoms with van der Waals surface area (Å²) in [6.07, 6.45) is 4.68. The fraction of sp³-hybridized carbons (Fsp3) is 0.450. The first kappa shape index (κ1) is 19.7. The van der Waals surface area contributed by atoms with Crippen LogP contribution in [0, 0.1) is 6.92 Å². The molecule has 0 saturated carbocycles. The van der Waals surface area contributed by atoms with E-state index in [4.69, 9.17) is 4.74 Å². The molecule has 148 valence electrons. The number of tetrazole rings is 1. The molecule has 1 saturated heterocycles. The van der Waals surface area contributed by atoms with Gasteiger partial charge in [0, 0.05) is 12.1 Å². The number of carbonyl (C=O) groups excluding carboxylic acids is 2. The average Bonchev–Trinajstić information content (AvgIpc) is 3.10. The van der Waals surface area contributed by atoms with Gasteiger partial charge >= 0.3 is 5.97 Å². The molecule has 2 heterocycles. The molecule has 3 rings (SSSR count). The van der Waals surface area contributed by atoms with Crippen LogP contribution in [-0.4, -0.2) is 55.7 Å². The van der Waals surface area contributed by atoms with Gasteiger partial charge in [-0.1, -0.05) is 30.3 Å². The second-order valence-electron chi connectivity index (χ2n) is 7.08. The number of hydrogen-bond acceptors (Lipinski definition) is 6. The van der Waals surface area contributed by atoms with Crippen molar-refractivity contribution in [2.45, 2.75) is 52.1 Å². The van der Waals surface area contributed by atoms with E-state index in [9.17, 15) is 9.59 Å². The second-order valence-corrected chi connectivity index (χ2v) is 7.08. The van der Waals surface area contributed by atoms with Gasteiger partial charge < -0.3 is 9.64 Å². The molecule has 0 N–H and O–H groups in total. The van der Waals surface area contributed by atoms with Gasteiger partial charge in [-0.2, -0.15) is 4.68 Å². The monoisotopic (exact) mass is 383 g/mol. The fourth-order valence-corrected chi connectivity index (χ4v) is 3.56. The Bertz CT molecular complexity index is 852. The molecule has 2 atom stereocenters. The van der Waals surface area contributed by atoms with Crippen molar-refractivity contribution in [1.29, 1.82) is 0 Å². The van der Waals surface area contributed by atoms with E-state index in [0.29, 0.717) is 5.82 Å². The first-order valence-electron chi connectivity index (χ1n) is 9.47. The third kappa shape index (κ3) is 4.44. The molecular formula is C20H25N5O3. The minimum Gasteiger partial charge on any atom is -0.451 e. The Labute approximate surface area is 164 Å². The Kier molecular flexibility index (Phi) is 6.18. The Balaban J connectivity index is 1.76.